The van der Waals surface area contributed by atoms with Gasteiger partial charge in [0.05, 0.1) is 6.54 Å². The van der Waals surface area contributed by atoms with Gasteiger partial charge in [-0.25, -0.2) is 0 Å². The van der Waals surface area contributed by atoms with Gasteiger partial charge in [0.2, 0.25) is 5.91 Å². The topological polar surface area (TPSA) is 44.4 Å². The summed E-state index contributed by atoms with van der Waals surface area (Å²) in [6.07, 6.45) is 0.962. The molecule has 1 atom stereocenters. The van der Waals surface area contributed by atoms with Gasteiger partial charge in [0.1, 0.15) is 0 Å². The van der Waals surface area contributed by atoms with Crippen molar-refractivity contribution in [1.82, 2.24) is 10.2 Å². The highest BCUT2D eigenvalue weighted by atomic mass is 16.1. The molecule has 1 aromatic carbocycles. The minimum atomic E-state index is 0.0325. The van der Waals surface area contributed by atoms with Crippen LogP contribution >= 0.6 is 0 Å². The molecule has 1 amide bonds. The summed E-state index contributed by atoms with van der Waals surface area (Å²) in [7, 11) is 4.07. The summed E-state index contributed by atoms with van der Waals surface area (Å²) in [6.45, 7) is 3.33. The maximum Gasteiger partial charge on any atom is 0.239 e. The number of amides is 1. The van der Waals surface area contributed by atoms with Crippen LogP contribution < -0.4 is 10.6 Å². The van der Waals surface area contributed by atoms with Gasteiger partial charge in [0.15, 0.2) is 0 Å². The van der Waals surface area contributed by atoms with Crippen molar-refractivity contribution in [3.63, 3.8) is 0 Å². The third-order valence-electron chi connectivity index (χ3n) is 2.64. The molecule has 2 N–H and O–H groups in total. The van der Waals surface area contributed by atoms with Crippen molar-refractivity contribution >= 4 is 11.6 Å². The molecule has 0 aromatic heterocycles. The van der Waals surface area contributed by atoms with E-state index < -0.39 is 0 Å². The van der Waals surface area contributed by atoms with Crippen LogP contribution in [-0.2, 0) is 4.79 Å². The van der Waals surface area contributed by atoms with Crippen LogP contribution in [0.5, 0.6) is 0 Å². The summed E-state index contributed by atoms with van der Waals surface area (Å²) in [5.41, 5.74) is 0.966. The Morgan fingerprint density at radius 2 is 1.94 bits per heavy atom. The van der Waals surface area contributed by atoms with Crippen LogP contribution in [0.4, 0.5) is 5.69 Å². The molecule has 100 valence electrons. The third kappa shape index (κ3) is 6.25. The van der Waals surface area contributed by atoms with Crippen molar-refractivity contribution in [1.29, 1.82) is 0 Å². The second kappa shape index (κ2) is 7.71. The summed E-state index contributed by atoms with van der Waals surface area (Å²) < 4.78 is 0. The van der Waals surface area contributed by atoms with Gasteiger partial charge < -0.3 is 15.5 Å². The third-order valence-corrected chi connectivity index (χ3v) is 2.64. The molecule has 0 bridgehead atoms. The summed E-state index contributed by atoms with van der Waals surface area (Å²) in [6, 6.07) is 9.94. The Morgan fingerprint density at radius 1 is 1.28 bits per heavy atom. The van der Waals surface area contributed by atoms with Crippen LogP contribution in [-0.4, -0.2) is 44.0 Å². The largest absolute Gasteiger partial charge is 0.376 e. The summed E-state index contributed by atoms with van der Waals surface area (Å²) >= 11 is 0. The molecule has 0 aliphatic carbocycles. The van der Waals surface area contributed by atoms with Gasteiger partial charge in [-0.2, -0.15) is 0 Å². The smallest absolute Gasteiger partial charge is 0.239 e. The molecule has 18 heavy (non-hydrogen) atoms. The van der Waals surface area contributed by atoms with Crippen LogP contribution in [0.15, 0.2) is 30.3 Å². The Morgan fingerprint density at radius 3 is 2.56 bits per heavy atom. The highest BCUT2D eigenvalue weighted by molar-refractivity contribution is 5.80. The van der Waals surface area contributed by atoms with Gasteiger partial charge in [-0.3, -0.25) is 4.79 Å². The number of nitrogens with zero attached hydrogens (tertiary/aromatic N) is 1. The Kier molecular flexibility index (Phi) is 6.22. The average molecular weight is 249 g/mol. The minimum absolute atomic E-state index is 0.0325. The highest BCUT2D eigenvalue weighted by Gasteiger charge is 2.07. The molecule has 4 nitrogen and oxygen atoms in total. The fraction of sp³-hybridized carbons (Fsp3) is 0.500. The van der Waals surface area contributed by atoms with Crippen molar-refractivity contribution < 1.29 is 4.79 Å². The molecule has 0 radical (unpaired) electrons. The van der Waals surface area contributed by atoms with Gasteiger partial charge in [-0.15, -0.1) is 0 Å². The van der Waals surface area contributed by atoms with E-state index in [1.807, 2.05) is 51.4 Å². The van der Waals surface area contributed by atoms with Crippen LogP contribution in [0.3, 0.4) is 0 Å². The lowest BCUT2D eigenvalue weighted by Gasteiger charge is -2.17. The summed E-state index contributed by atoms with van der Waals surface area (Å²) in [5, 5.41) is 6.07. The molecular weight excluding hydrogens is 226 g/mol. The molecule has 0 aliphatic heterocycles. The molecule has 1 aromatic rings. The van der Waals surface area contributed by atoms with Gasteiger partial charge >= 0.3 is 0 Å². The van der Waals surface area contributed by atoms with Crippen molar-refractivity contribution in [3.8, 4) is 0 Å². The lowest BCUT2D eigenvalue weighted by molar-refractivity contribution is -0.120. The zero-order valence-electron chi connectivity index (χ0n) is 11.4. The summed E-state index contributed by atoms with van der Waals surface area (Å²) in [5.74, 6) is 0.0325. The van der Waals surface area contributed by atoms with Crippen molar-refractivity contribution in [2.45, 2.75) is 19.4 Å². The van der Waals surface area contributed by atoms with Gasteiger partial charge in [0, 0.05) is 11.7 Å². The number of anilines is 1. The number of hydrogen-bond donors (Lipinski definition) is 2. The second-order valence-corrected chi connectivity index (χ2v) is 4.78. The van der Waals surface area contributed by atoms with Crippen LogP contribution in [0, 0.1) is 0 Å². The van der Waals surface area contributed by atoms with E-state index >= 15 is 0 Å². The number of carbonyl (C=O) groups is 1. The van der Waals surface area contributed by atoms with E-state index in [1.54, 1.807) is 0 Å². The summed E-state index contributed by atoms with van der Waals surface area (Å²) in [4.78, 5) is 13.8. The van der Waals surface area contributed by atoms with E-state index in [1.165, 1.54) is 0 Å². The molecule has 1 rings (SSSR count). The monoisotopic (exact) mass is 249 g/mol. The van der Waals surface area contributed by atoms with E-state index in [9.17, 15) is 4.79 Å². The quantitative estimate of drug-likeness (QED) is 0.770. The van der Waals surface area contributed by atoms with E-state index in [0.29, 0.717) is 6.54 Å². The first-order valence-corrected chi connectivity index (χ1v) is 6.31. The Bertz CT molecular complexity index is 351. The van der Waals surface area contributed by atoms with Gasteiger partial charge in [0.25, 0.3) is 0 Å². The molecular formula is C14H23N3O. The molecule has 1 unspecified atom stereocenters. The number of carbonyl (C=O) groups excluding carboxylic acids is 1. The van der Waals surface area contributed by atoms with Crippen LogP contribution in [0.1, 0.15) is 13.3 Å². The highest BCUT2D eigenvalue weighted by Crippen LogP contribution is 2.03. The normalized spacial score (nSPS) is 12.2. The molecule has 0 saturated heterocycles. The fourth-order valence-corrected chi connectivity index (χ4v) is 1.59. The SMILES string of the molecule is CC(CCN(C)C)NC(=O)CNc1ccccc1. The van der Waals surface area contributed by atoms with E-state index in [0.717, 1.165) is 18.7 Å². The lowest BCUT2D eigenvalue weighted by atomic mass is 10.2. The molecule has 0 saturated carbocycles. The average Bonchev–Trinajstić information content (AvgIpc) is 2.35. The van der Waals surface area contributed by atoms with Gasteiger partial charge in [-0.05, 0) is 46.1 Å². The Labute approximate surface area is 109 Å². The number of para-hydroxylation sites is 1. The predicted molar refractivity (Wildman–Crippen MR) is 75.7 cm³/mol. The van der Waals surface area contributed by atoms with E-state index in [2.05, 4.69) is 15.5 Å². The molecule has 4 heteroatoms. The van der Waals surface area contributed by atoms with Crippen molar-refractivity contribution in [2.75, 3.05) is 32.5 Å². The van der Waals surface area contributed by atoms with Crippen LogP contribution in [0.25, 0.3) is 0 Å². The number of rotatable bonds is 7. The molecule has 0 fully saturated rings. The maximum atomic E-state index is 11.7. The fourth-order valence-electron chi connectivity index (χ4n) is 1.59. The molecule has 0 aliphatic rings. The first-order valence-electron chi connectivity index (χ1n) is 6.31. The second-order valence-electron chi connectivity index (χ2n) is 4.78. The van der Waals surface area contributed by atoms with E-state index in [-0.39, 0.29) is 11.9 Å². The van der Waals surface area contributed by atoms with Crippen molar-refractivity contribution in [2.24, 2.45) is 0 Å². The zero-order valence-corrected chi connectivity index (χ0v) is 11.4. The number of nitrogens with one attached hydrogen (secondary N) is 2. The number of benzene rings is 1. The van der Waals surface area contributed by atoms with Crippen LogP contribution in [0.2, 0.25) is 0 Å². The van der Waals surface area contributed by atoms with Crippen molar-refractivity contribution in [3.05, 3.63) is 30.3 Å². The number of hydrogen-bond acceptors (Lipinski definition) is 3. The Hall–Kier alpha value is -1.55. The first-order chi connectivity index (χ1) is 8.58. The first kappa shape index (κ1) is 14.5. The predicted octanol–water partition coefficient (Wildman–Crippen LogP) is 1.55. The standard InChI is InChI=1S/C14H23N3O/c1-12(9-10-17(2)3)16-14(18)11-15-13-7-5-4-6-8-13/h4-8,12,15H,9-11H2,1-3H3,(H,16,18). The minimum Gasteiger partial charge on any atom is -0.376 e. The lowest BCUT2D eigenvalue weighted by Crippen LogP contribution is -2.38. The molecule has 0 heterocycles. The molecule has 0 spiro atoms. The zero-order chi connectivity index (χ0) is 13.4. The van der Waals surface area contributed by atoms with Gasteiger partial charge in [-0.1, -0.05) is 18.2 Å². The maximum absolute atomic E-state index is 11.7. The van der Waals surface area contributed by atoms with E-state index in [4.69, 9.17) is 0 Å². The Balaban J connectivity index is 2.21.